The third-order valence-electron chi connectivity index (χ3n) is 4.01. The normalized spacial score (nSPS) is 16.3. The lowest BCUT2D eigenvalue weighted by Gasteiger charge is -2.30. The summed E-state index contributed by atoms with van der Waals surface area (Å²) in [5.74, 6) is 0.0642. The third-order valence-corrected chi connectivity index (χ3v) is 4.01. The highest BCUT2D eigenvalue weighted by Gasteiger charge is 2.29. The summed E-state index contributed by atoms with van der Waals surface area (Å²) < 4.78 is 0. The predicted octanol–water partition coefficient (Wildman–Crippen LogP) is 0.713. The van der Waals surface area contributed by atoms with Gasteiger partial charge in [0.25, 0.3) is 5.91 Å². The van der Waals surface area contributed by atoms with Crippen LogP contribution in [0.2, 0.25) is 0 Å². The van der Waals surface area contributed by atoms with Gasteiger partial charge in [-0.2, -0.15) is 5.10 Å². The van der Waals surface area contributed by atoms with Gasteiger partial charge in [0, 0.05) is 26.1 Å². The molecular formula is C14H23N5O2. The molecule has 1 aromatic heterocycles. The number of nitrogens with two attached hydrogens (primary N) is 1. The third kappa shape index (κ3) is 3.01. The van der Waals surface area contributed by atoms with Crippen LogP contribution in [0.25, 0.3) is 0 Å². The second-order valence-corrected chi connectivity index (χ2v) is 5.73. The molecule has 1 saturated heterocycles. The van der Waals surface area contributed by atoms with Crippen LogP contribution in [0.15, 0.2) is 0 Å². The van der Waals surface area contributed by atoms with E-state index in [0.717, 1.165) is 5.69 Å². The van der Waals surface area contributed by atoms with Crippen molar-refractivity contribution in [2.45, 2.75) is 32.6 Å². The van der Waals surface area contributed by atoms with Gasteiger partial charge in [-0.1, -0.05) is 13.8 Å². The van der Waals surface area contributed by atoms with Gasteiger partial charge in [-0.15, -0.1) is 0 Å². The minimum Gasteiger partial charge on any atom is -0.395 e. The number of nitrogens with zero attached hydrogens (tertiary/aromatic N) is 2. The zero-order valence-electron chi connectivity index (χ0n) is 12.8. The Balaban J connectivity index is 2.04. The highest BCUT2D eigenvalue weighted by atomic mass is 16.2. The van der Waals surface area contributed by atoms with Crippen molar-refractivity contribution < 1.29 is 9.59 Å². The van der Waals surface area contributed by atoms with Crippen molar-refractivity contribution in [3.8, 4) is 0 Å². The van der Waals surface area contributed by atoms with Crippen LogP contribution in [0.1, 0.15) is 48.8 Å². The van der Waals surface area contributed by atoms with Crippen molar-refractivity contribution in [1.29, 1.82) is 0 Å². The average Bonchev–Trinajstić information content (AvgIpc) is 2.87. The van der Waals surface area contributed by atoms with Gasteiger partial charge in [0.15, 0.2) is 5.69 Å². The molecular weight excluding hydrogens is 270 g/mol. The van der Waals surface area contributed by atoms with E-state index in [-0.39, 0.29) is 29.3 Å². The number of carbonyl (C=O) groups excluding carboxylic acids is 2. The second kappa shape index (κ2) is 6.15. The molecule has 1 aromatic rings. The summed E-state index contributed by atoms with van der Waals surface area (Å²) >= 11 is 0. The maximum atomic E-state index is 12.5. The quantitative estimate of drug-likeness (QED) is 0.763. The van der Waals surface area contributed by atoms with Crippen molar-refractivity contribution in [2.24, 2.45) is 5.92 Å². The number of likely N-dealkylation sites (tertiary alicyclic amines) is 1. The molecule has 0 unspecified atom stereocenters. The highest BCUT2D eigenvalue weighted by molar-refractivity contribution is 5.97. The molecule has 0 radical (unpaired) electrons. The largest absolute Gasteiger partial charge is 0.395 e. The molecule has 0 aromatic carbocycles. The summed E-state index contributed by atoms with van der Waals surface area (Å²) in [7, 11) is 1.64. The molecule has 0 bridgehead atoms. The lowest BCUT2D eigenvalue weighted by Crippen LogP contribution is -2.42. The number of piperidine rings is 1. The number of rotatable bonds is 3. The maximum absolute atomic E-state index is 12.5. The van der Waals surface area contributed by atoms with E-state index in [4.69, 9.17) is 5.73 Å². The van der Waals surface area contributed by atoms with Crippen LogP contribution >= 0.6 is 0 Å². The minimum absolute atomic E-state index is 0.0122. The van der Waals surface area contributed by atoms with Crippen LogP contribution in [0, 0.1) is 5.92 Å². The van der Waals surface area contributed by atoms with E-state index in [0.29, 0.717) is 31.6 Å². The summed E-state index contributed by atoms with van der Waals surface area (Å²) in [6, 6.07) is 0. The molecule has 2 amide bonds. The summed E-state index contributed by atoms with van der Waals surface area (Å²) in [6.07, 6.45) is 1.35. The van der Waals surface area contributed by atoms with E-state index in [1.54, 1.807) is 11.9 Å². The Morgan fingerprint density at radius 2 is 2.00 bits per heavy atom. The number of hydrogen-bond donors (Lipinski definition) is 3. The van der Waals surface area contributed by atoms with Gasteiger partial charge in [-0.3, -0.25) is 14.7 Å². The van der Waals surface area contributed by atoms with E-state index in [9.17, 15) is 9.59 Å². The Morgan fingerprint density at radius 1 is 1.38 bits per heavy atom. The van der Waals surface area contributed by atoms with Gasteiger partial charge < -0.3 is 16.0 Å². The molecule has 0 spiro atoms. The number of carbonyl (C=O) groups is 2. The van der Waals surface area contributed by atoms with Crippen LogP contribution in [0.3, 0.4) is 0 Å². The van der Waals surface area contributed by atoms with Crippen molar-refractivity contribution >= 4 is 17.5 Å². The fourth-order valence-corrected chi connectivity index (χ4v) is 2.67. The molecule has 1 fully saturated rings. The van der Waals surface area contributed by atoms with Crippen LogP contribution in [0.4, 0.5) is 5.69 Å². The Hall–Kier alpha value is -2.05. The number of aromatic amines is 1. The van der Waals surface area contributed by atoms with Gasteiger partial charge in [-0.05, 0) is 18.8 Å². The molecule has 7 nitrogen and oxygen atoms in total. The van der Waals surface area contributed by atoms with Crippen molar-refractivity contribution in [2.75, 3.05) is 25.9 Å². The Kier molecular flexibility index (Phi) is 4.50. The molecule has 2 heterocycles. The van der Waals surface area contributed by atoms with E-state index < -0.39 is 0 Å². The molecule has 2 rings (SSSR count). The highest BCUT2D eigenvalue weighted by Crippen LogP contribution is 2.25. The Labute approximate surface area is 124 Å². The molecule has 0 aliphatic carbocycles. The number of H-pyrrole nitrogens is 1. The molecule has 21 heavy (non-hydrogen) atoms. The van der Waals surface area contributed by atoms with Gasteiger partial charge in [0.2, 0.25) is 5.91 Å². The standard InChI is InChI=1S/C14H23N5O2/c1-8(2)11-10(15)12(18-17-11)14(21)19-6-4-9(5-7-19)13(20)16-3/h8-9H,4-7,15H2,1-3H3,(H,16,20)(H,17,18). The zero-order valence-corrected chi connectivity index (χ0v) is 12.8. The minimum atomic E-state index is -0.161. The second-order valence-electron chi connectivity index (χ2n) is 5.73. The number of hydrogen-bond acceptors (Lipinski definition) is 4. The van der Waals surface area contributed by atoms with Crippen LogP contribution in [-0.2, 0) is 4.79 Å². The number of anilines is 1. The molecule has 1 aliphatic rings. The monoisotopic (exact) mass is 293 g/mol. The molecule has 1 aliphatic heterocycles. The maximum Gasteiger partial charge on any atom is 0.276 e. The van der Waals surface area contributed by atoms with Crippen molar-refractivity contribution in [3.05, 3.63) is 11.4 Å². The van der Waals surface area contributed by atoms with Crippen molar-refractivity contribution in [3.63, 3.8) is 0 Å². The van der Waals surface area contributed by atoms with E-state index in [2.05, 4.69) is 15.5 Å². The lowest BCUT2D eigenvalue weighted by atomic mass is 9.95. The number of nitrogen functional groups attached to an aromatic ring is 1. The van der Waals surface area contributed by atoms with Crippen LogP contribution in [-0.4, -0.2) is 47.0 Å². The zero-order chi connectivity index (χ0) is 15.6. The van der Waals surface area contributed by atoms with Gasteiger partial charge in [-0.25, -0.2) is 0 Å². The van der Waals surface area contributed by atoms with Crippen LogP contribution < -0.4 is 11.1 Å². The smallest absolute Gasteiger partial charge is 0.276 e. The van der Waals surface area contributed by atoms with E-state index >= 15 is 0 Å². The first-order chi connectivity index (χ1) is 9.95. The summed E-state index contributed by atoms with van der Waals surface area (Å²) in [5.41, 5.74) is 7.52. The Bertz CT molecular complexity index is 529. The fourth-order valence-electron chi connectivity index (χ4n) is 2.67. The van der Waals surface area contributed by atoms with E-state index in [1.165, 1.54) is 0 Å². The molecule has 0 atom stereocenters. The van der Waals surface area contributed by atoms with Gasteiger partial charge in [0.1, 0.15) is 0 Å². The molecule has 0 saturated carbocycles. The van der Waals surface area contributed by atoms with Gasteiger partial charge in [0.05, 0.1) is 11.4 Å². The van der Waals surface area contributed by atoms with E-state index in [1.807, 2.05) is 13.8 Å². The first kappa shape index (κ1) is 15.3. The van der Waals surface area contributed by atoms with Crippen molar-refractivity contribution in [1.82, 2.24) is 20.4 Å². The van der Waals surface area contributed by atoms with Crippen LogP contribution in [0.5, 0.6) is 0 Å². The summed E-state index contributed by atoms with van der Waals surface area (Å²) in [5, 5.41) is 9.56. The summed E-state index contributed by atoms with van der Waals surface area (Å²) in [6.45, 7) is 5.10. The first-order valence-electron chi connectivity index (χ1n) is 7.30. The number of nitrogens with one attached hydrogen (secondary N) is 2. The Morgan fingerprint density at radius 3 is 2.48 bits per heavy atom. The topological polar surface area (TPSA) is 104 Å². The first-order valence-corrected chi connectivity index (χ1v) is 7.30. The number of amides is 2. The molecule has 116 valence electrons. The number of aromatic nitrogens is 2. The fraction of sp³-hybridized carbons (Fsp3) is 0.643. The molecule has 7 heteroatoms. The SMILES string of the molecule is CNC(=O)C1CCN(C(=O)c2n[nH]c(C(C)C)c2N)CC1. The summed E-state index contributed by atoms with van der Waals surface area (Å²) in [4.78, 5) is 25.8. The predicted molar refractivity (Wildman–Crippen MR) is 79.8 cm³/mol. The lowest BCUT2D eigenvalue weighted by molar-refractivity contribution is -0.125. The van der Waals surface area contributed by atoms with Gasteiger partial charge >= 0.3 is 0 Å². The molecule has 4 N–H and O–H groups in total. The average molecular weight is 293 g/mol.